The van der Waals surface area contributed by atoms with Crippen LogP contribution in [0, 0.1) is 0 Å². The molecule has 0 aliphatic heterocycles. The van der Waals surface area contributed by atoms with Gasteiger partial charge in [-0.1, -0.05) is 13.8 Å². The van der Waals surface area contributed by atoms with Gasteiger partial charge in [-0.05, 0) is 18.6 Å². The molecule has 0 bridgehead atoms. The first-order chi connectivity index (χ1) is 7.17. The van der Waals surface area contributed by atoms with Gasteiger partial charge < -0.3 is 10.8 Å². The summed E-state index contributed by atoms with van der Waals surface area (Å²) in [5, 5.41) is 9.12. The summed E-state index contributed by atoms with van der Waals surface area (Å²) in [7, 11) is 0. The smallest absolute Gasteiger partial charge is 0.0571 e. The fraction of sp³-hybridized carbons (Fsp3) is 0.545. The van der Waals surface area contributed by atoms with Gasteiger partial charge in [0.1, 0.15) is 0 Å². The highest BCUT2D eigenvalue weighted by Gasteiger charge is 2.06. The Kier molecular flexibility index (Phi) is 5.08. The molecule has 3 N–H and O–H groups in total. The third-order valence-corrected chi connectivity index (χ3v) is 3.24. The van der Waals surface area contributed by atoms with Crippen LogP contribution in [-0.2, 0) is 0 Å². The lowest BCUT2D eigenvalue weighted by atomic mass is 10.1. The number of rotatable bonds is 5. The molecule has 15 heavy (non-hydrogen) atoms. The lowest BCUT2D eigenvalue weighted by Crippen LogP contribution is -2.10. The van der Waals surface area contributed by atoms with E-state index < -0.39 is 0 Å². The topological polar surface area (TPSA) is 59.1 Å². The van der Waals surface area contributed by atoms with Crippen LogP contribution in [0.1, 0.15) is 32.0 Å². The molecular formula is C11H18N2OS. The fourth-order valence-electron chi connectivity index (χ4n) is 1.16. The summed E-state index contributed by atoms with van der Waals surface area (Å²) < 4.78 is 0. The van der Waals surface area contributed by atoms with E-state index in [0.29, 0.717) is 0 Å². The zero-order valence-corrected chi connectivity index (χ0v) is 10.00. The van der Waals surface area contributed by atoms with Crippen molar-refractivity contribution in [3.63, 3.8) is 0 Å². The van der Waals surface area contributed by atoms with Gasteiger partial charge in [0.05, 0.1) is 12.3 Å². The maximum atomic E-state index is 8.92. The number of aromatic nitrogens is 1. The van der Waals surface area contributed by atoms with Crippen molar-refractivity contribution >= 4 is 11.8 Å². The standard InChI is InChI=1S/C11H18N2OS/c1-3-10(12)11-5-4-9(6-13-11)15-8(2)7-14/h4-6,8,10,14H,3,7,12H2,1-2H3/t8?,10-/m0/s1. The summed E-state index contributed by atoms with van der Waals surface area (Å²) in [6.07, 6.45) is 2.72. The van der Waals surface area contributed by atoms with E-state index in [-0.39, 0.29) is 17.9 Å². The highest BCUT2D eigenvalue weighted by atomic mass is 32.2. The molecule has 1 rings (SSSR count). The minimum absolute atomic E-state index is 0.0271. The van der Waals surface area contributed by atoms with Crippen molar-refractivity contribution in [2.75, 3.05) is 6.61 Å². The molecule has 1 heterocycles. The molecule has 1 aromatic heterocycles. The van der Waals surface area contributed by atoms with Gasteiger partial charge in [0.2, 0.25) is 0 Å². The van der Waals surface area contributed by atoms with Crippen molar-refractivity contribution in [3.05, 3.63) is 24.0 Å². The van der Waals surface area contributed by atoms with Crippen LogP contribution >= 0.6 is 11.8 Å². The maximum absolute atomic E-state index is 8.92. The quantitative estimate of drug-likeness (QED) is 0.754. The van der Waals surface area contributed by atoms with Crippen molar-refractivity contribution in [2.24, 2.45) is 5.73 Å². The number of pyridine rings is 1. The van der Waals surface area contributed by atoms with Crippen LogP contribution in [-0.4, -0.2) is 21.9 Å². The maximum Gasteiger partial charge on any atom is 0.0571 e. The molecule has 0 aliphatic rings. The summed E-state index contributed by atoms with van der Waals surface area (Å²) in [6.45, 7) is 4.21. The molecule has 1 aromatic rings. The number of thioether (sulfide) groups is 1. The van der Waals surface area contributed by atoms with Gasteiger partial charge in [0, 0.05) is 22.4 Å². The Labute approximate surface area is 95.1 Å². The number of nitrogens with zero attached hydrogens (tertiary/aromatic N) is 1. The van der Waals surface area contributed by atoms with Crippen molar-refractivity contribution in [1.29, 1.82) is 0 Å². The lowest BCUT2D eigenvalue weighted by molar-refractivity contribution is 0.300. The normalized spacial score (nSPS) is 14.9. The minimum Gasteiger partial charge on any atom is -0.395 e. The van der Waals surface area contributed by atoms with Gasteiger partial charge in [-0.3, -0.25) is 4.98 Å². The van der Waals surface area contributed by atoms with Gasteiger partial charge in [0.15, 0.2) is 0 Å². The zero-order chi connectivity index (χ0) is 11.3. The van der Waals surface area contributed by atoms with Crippen LogP contribution in [0.4, 0.5) is 0 Å². The highest BCUT2D eigenvalue weighted by molar-refractivity contribution is 8.00. The number of hydrogen-bond acceptors (Lipinski definition) is 4. The molecular weight excluding hydrogens is 208 g/mol. The first-order valence-corrected chi connectivity index (χ1v) is 6.04. The average molecular weight is 226 g/mol. The molecule has 0 saturated carbocycles. The molecule has 0 aliphatic carbocycles. The number of aliphatic hydroxyl groups is 1. The molecule has 0 spiro atoms. The van der Waals surface area contributed by atoms with Crippen molar-refractivity contribution in [2.45, 2.75) is 36.5 Å². The molecule has 3 nitrogen and oxygen atoms in total. The molecule has 0 saturated heterocycles. The highest BCUT2D eigenvalue weighted by Crippen LogP contribution is 2.23. The van der Waals surface area contributed by atoms with Crippen LogP contribution < -0.4 is 5.73 Å². The van der Waals surface area contributed by atoms with Gasteiger partial charge in [0.25, 0.3) is 0 Å². The van der Waals surface area contributed by atoms with Gasteiger partial charge in [-0.15, -0.1) is 11.8 Å². The van der Waals surface area contributed by atoms with Gasteiger partial charge in [-0.2, -0.15) is 0 Å². The predicted molar refractivity (Wildman–Crippen MR) is 63.9 cm³/mol. The van der Waals surface area contributed by atoms with E-state index in [1.54, 1.807) is 11.8 Å². The van der Waals surface area contributed by atoms with Crippen molar-refractivity contribution in [1.82, 2.24) is 4.98 Å². The lowest BCUT2D eigenvalue weighted by Gasteiger charge is -2.10. The molecule has 84 valence electrons. The summed E-state index contributed by atoms with van der Waals surface area (Å²) in [5.41, 5.74) is 6.79. The van der Waals surface area contributed by atoms with E-state index in [9.17, 15) is 0 Å². The van der Waals surface area contributed by atoms with Gasteiger partial charge >= 0.3 is 0 Å². The van der Waals surface area contributed by atoms with Crippen LogP contribution in [0.3, 0.4) is 0 Å². The van der Waals surface area contributed by atoms with Crippen molar-refractivity contribution in [3.8, 4) is 0 Å². The predicted octanol–water partition coefficient (Wildman–Crippen LogP) is 1.96. The fourth-order valence-corrected chi connectivity index (χ4v) is 1.96. The molecule has 0 aromatic carbocycles. The molecule has 4 heteroatoms. The first kappa shape index (κ1) is 12.5. The van der Waals surface area contributed by atoms with Gasteiger partial charge in [-0.25, -0.2) is 0 Å². The first-order valence-electron chi connectivity index (χ1n) is 5.16. The molecule has 0 radical (unpaired) electrons. The third-order valence-electron chi connectivity index (χ3n) is 2.17. The Balaban J connectivity index is 2.64. The Hall–Kier alpha value is -0.580. The molecule has 0 amide bonds. The molecule has 2 atom stereocenters. The molecule has 0 fully saturated rings. The Morgan fingerprint density at radius 3 is 2.73 bits per heavy atom. The number of hydrogen-bond donors (Lipinski definition) is 2. The van der Waals surface area contributed by atoms with Crippen LogP contribution in [0.15, 0.2) is 23.2 Å². The third kappa shape index (κ3) is 3.81. The zero-order valence-electron chi connectivity index (χ0n) is 9.18. The van der Waals surface area contributed by atoms with Crippen LogP contribution in [0.5, 0.6) is 0 Å². The second-order valence-electron chi connectivity index (χ2n) is 3.54. The summed E-state index contributed by atoms with van der Waals surface area (Å²) in [6, 6.07) is 3.99. The largest absolute Gasteiger partial charge is 0.395 e. The van der Waals surface area contributed by atoms with Crippen molar-refractivity contribution < 1.29 is 5.11 Å². The Morgan fingerprint density at radius 2 is 2.27 bits per heavy atom. The van der Waals surface area contributed by atoms with E-state index in [1.807, 2.05) is 32.2 Å². The monoisotopic (exact) mass is 226 g/mol. The number of aliphatic hydroxyl groups excluding tert-OH is 1. The van der Waals surface area contributed by atoms with E-state index in [2.05, 4.69) is 4.98 Å². The van der Waals surface area contributed by atoms with Crippen LogP contribution in [0.2, 0.25) is 0 Å². The van der Waals surface area contributed by atoms with E-state index >= 15 is 0 Å². The minimum atomic E-state index is 0.0271. The summed E-state index contributed by atoms with van der Waals surface area (Å²) in [4.78, 5) is 5.38. The second-order valence-corrected chi connectivity index (χ2v) is 5.06. The SMILES string of the molecule is CC[C@H](N)c1ccc(SC(C)CO)cn1. The van der Waals surface area contributed by atoms with E-state index in [1.165, 1.54) is 0 Å². The Bertz CT molecular complexity index is 289. The summed E-state index contributed by atoms with van der Waals surface area (Å²) >= 11 is 1.62. The van der Waals surface area contributed by atoms with E-state index in [4.69, 9.17) is 10.8 Å². The summed E-state index contributed by atoms with van der Waals surface area (Å²) in [5.74, 6) is 0. The average Bonchev–Trinajstić information content (AvgIpc) is 2.29. The Morgan fingerprint density at radius 1 is 1.53 bits per heavy atom. The second kappa shape index (κ2) is 6.10. The van der Waals surface area contributed by atoms with E-state index in [0.717, 1.165) is 17.0 Å². The van der Waals surface area contributed by atoms with Crippen LogP contribution in [0.25, 0.3) is 0 Å². The number of nitrogens with two attached hydrogens (primary N) is 1. The molecule has 1 unspecified atom stereocenters.